The van der Waals surface area contributed by atoms with Gasteiger partial charge in [0.25, 0.3) is 5.91 Å². The number of aromatic nitrogens is 2. The summed E-state index contributed by atoms with van der Waals surface area (Å²) in [5.74, 6) is 0.955. The van der Waals surface area contributed by atoms with Crippen LogP contribution in [0.5, 0.6) is 0 Å². The van der Waals surface area contributed by atoms with Crippen molar-refractivity contribution in [3.8, 4) is 0 Å². The van der Waals surface area contributed by atoms with Crippen molar-refractivity contribution in [1.29, 1.82) is 0 Å². The fourth-order valence-electron chi connectivity index (χ4n) is 1.66. The van der Waals surface area contributed by atoms with Crippen LogP contribution in [0.2, 0.25) is 0 Å². The number of anilines is 2. The zero-order chi connectivity index (χ0) is 15.2. The number of carbonyl (C=O) groups is 1. The largest absolute Gasteiger partial charge is 0.370 e. The van der Waals surface area contributed by atoms with Gasteiger partial charge in [0, 0.05) is 18.1 Å². The minimum atomic E-state index is -0.186. The lowest BCUT2D eigenvalue weighted by molar-refractivity contribution is 0.102. The number of rotatable bonds is 6. The summed E-state index contributed by atoms with van der Waals surface area (Å²) < 4.78 is 0. The molecule has 2 rings (SSSR count). The molecule has 112 valence electrons. The Morgan fingerprint density at radius 2 is 2.19 bits per heavy atom. The predicted molar refractivity (Wildman–Crippen MR) is 87.2 cm³/mol. The summed E-state index contributed by atoms with van der Waals surface area (Å²) in [6.07, 6.45) is 2.61. The zero-order valence-electron chi connectivity index (χ0n) is 12.5. The van der Waals surface area contributed by atoms with Crippen molar-refractivity contribution < 1.29 is 4.79 Å². The summed E-state index contributed by atoms with van der Waals surface area (Å²) in [6, 6.07) is 3.57. The average molecular weight is 304 g/mol. The van der Waals surface area contributed by atoms with E-state index < -0.39 is 0 Å². The molecule has 0 atom stereocenters. The molecule has 2 N–H and O–H groups in total. The monoisotopic (exact) mass is 304 g/mol. The van der Waals surface area contributed by atoms with Gasteiger partial charge < -0.3 is 5.32 Å². The second kappa shape index (κ2) is 7.17. The van der Waals surface area contributed by atoms with Gasteiger partial charge in [-0.2, -0.15) is 0 Å². The van der Waals surface area contributed by atoms with Crippen molar-refractivity contribution in [3.63, 3.8) is 0 Å². The van der Waals surface area contributed by atoms with Crippen molar-refractivity contribution >= 4 is 28.2 Å². The highest BCUT2D eigenvalue weighted by Gasteiger charge is 2.10. The maximum Gasteiger partial charge on any atom is 0.259 e. The Bertz CT molecular complexity index is 592. The average Bonchev–Trinajstić information content (AvgIpc) is 2.94. The fraction of sp³-hybridized carbons (Fsp3) is 0.400. The summed E-state index contributed by atoms with van der Waals surface area (Å²) in [5.41, 5.74) is 1.52. The topological polar surface area (TPSA) is 66.9 Å². The van der Waals surface area contributed by atoms with E-state index in [9.17, 15) is 4.79 Å². The number of hydrogen-bond donors (Lipinski definition) is 2. The number of hydrogen-bond acceptors (Lipinski definition) is 5. The number of pyridine rings is 1. The molecule has 0 bridgehead atoms. The molecule has 2 aromatic heterocycles. The third kappa shape index (κ3) is 4.26. The summed E-state index contributed by atoms with van der Waals surface area (Å²) in [7, 11) is 0. The van der Waals surface area contributed by atoms with Crippen LogP contribution in [0.15, 0.2) is 23.7 Å². The van der Waals surface area contributed by atoms with Crippen LogP contribution in [-0.4, -0.2) is 22.4 Å². The van der Waals surface area contributed by atoms with Crippen LogP contribution in [0.4, 0.5) is 10.9 Å². The molecule has 0 aliphatic rings. The van der Waals surface area contributed by atoms with Crippen molar-refractivity contribution in [1.82, 2.24) is 9.97 Å². The molecule has 0 saturated heterocycles. The van der Waals surface area contributed by atoms with Crippen LogP contribution in [0.1, 0.15) is 49.2 Å². The Hall–Kier alpha value is -1.95. The lowest BCUT2D eigenvalue weighted by Crippen LogP contribution is -2.12. The molecular formula is C15H20N4OS. The zero-order valence-corrected chi connectivity index (χ0v) is 13.3. The number of carbonyl (C=O) groups excluding carboxylic acids is 1. The van der Waals surface area contributed by atoms with Crippen LogP contribution in [0.3, 0.4) is 0 Å². The summed E-state index contributed by atoms with van der Waals surface area (Å²) in [5, 5.41) is 8.57. The molecule has 5 nitrogen and oxygen atoms in total. The van der Waals surface area contributed by atoms with Gasteiger partial charge in [0.1, 0.15) is 5.82 Å². The van der Waals surface area contributed by atoms with Crippen molar-refractivity contribution in [2.24, 2.45) is 0 Å². The van der Waals surface area contributed by atoms with E-state index in [2.05, 4.69) is 41.4 Å². The lowest BCUT2D eigenvalue weighted by atomic mass is 10.2. The van der Waals surface area contributed by atoms with Crippen molar-refractivity contribution in [3.05, 3.63) is 35.0 Å². The molecule has 0 aliphatic carbocycles. The van der Waals surface area contributed by atoms with Gasteiger partial charge in [-0.3, -0.25) is 10.1 Å². The first-order chi connectivity index (χ1) is 10.1. The van der Waals surface area contributed by atoms with Gasteiger partial charge in [-0.1, -0.05) is 20.8 Å². The van der Waals surface area contributed by atoms with E-state index in [1.165, 1.54) is 11.3 Å². The molecule has 2 aromatic rings. The minimum Gasteiger partial charge on any atom is -0.370 e. The first-order valence-corrected chi connectivity index (χ1v) is 7.94. The minimum absolute atomic E-state index is 0.186. The molecular weight excluding hydrogens is 284 g/mol. The smallest absolute Gasteiger partial charge is 0.259 e. The van der Waals surface area contributed by atoms with Crippen LogP contribution >= 0.6 is 11.3 Å². The summed E-state index contributed by atoms with van der Waals surface area (Å²) in [6.45, 7) is 7.11. The second-order valence-corrected chi connectivity index (χ2v) is 5.90. The fourth-order valence-corrected chi connectivity index (χ4v) is 2.53. The second-order valence-electron chi connectivity index (χ2n) is 5.05. The van der Waals surface area contributed by atoms with Gasteiger partial charge >= 0.3 is 0 Å². The SMILES string of the molecule is CCCNc1ccc(C(=O)Nc2nc(C(C)C)cs2)cn1. The Morgan fingerprint density at radius 3 is 2.76 bits per heavy atom. The number of nitrogens with one attached hydrogen (secondary N) is 2. The van der Waals surface area contributed by atoms with Crippen molar-refractivity contribution in [2.45, 2.75) is 33.1 Å². The maximum atomic E-state index is 12.1. The summed E-state index contributed by atoms with van der Waals surface area (Å²) >= 11 is 1.44. The molecule has 0 aliphatic heterocycles. The van der Waals surface area contributed by atoms with Crippen LogP contribution in [-0.2, 0) is 0 Å². The number of amides is 1. The standard InChI is InChI=1S/C15H20N4OS/c1-4-7-16-13-6-5-11(8-17-13)14(20)19-15-18-12(9-21-15)10(2)3/h5-6,8-10H,4,7H2,1-3H3,(H,16,17)(H,18,19,20). The first-order valence-electron chi connectivity index (χ1n) is 7.07. The quantitative estimate of drug-likeness (QED) is 0.853. The first kappa shape index (κ1) is 15.4. The molecule has 0 unspecified atom stereocenters. The normalized spacial score (nSPS) is 10.7. The van der Waals surface area contributed by atoms with E-state index in [-0.39, 0.29) is 5.91 Å². The van der Waals surface area contributed by atoms with Gasteiger partial charge in [0.05, 0.1) is 11.3 Å². The van der Waals surface area contributed by atoms with Crippen LogP contribution in [0.25, 0.3) is 0 Å². The molecule has 0 fully saturated rings. The summed E-state index contributed by atoms with van der Waals surface area (Å²) in [4.78, 5) is 20.7. The van der Waals surface area contributed by atoms with E-state index in [1.807, 2.05) is 11.4 Å². The number of thiazole rings is 1. The molecule has 21 heavy (non-hydrogen) atoms. The van der Waals surface area contributed by atoms with Gasteiger partial charge in [0.2, 0.25) is 0 Å². The van der Waals surface area contributed by atoms with Gasteiger partial charge in [-0.05, 0) is 24.5 Å². The molecule has 0 spiro atoms. The van der Waals surface area contributed by atoms with E-state index in [0.717, 1.165) is 24.5 Å². The molecule has 6 heteroatoms. The number of nitrogens with zero attached hydrogens (tertiary/aromatic N) is 2. The Morgan fingerprint density at radius 1 is 1.38 bits per heavy atom. The van der Waals surface area contributed by atoms with Gasteiger partial charge in [-0.25, -0.2) is 9.97 Å². The van der Waals surface area contributed by atoms with E-state index in [0.29, 0.717) is 16.6 Å². The van der Waals surface area contributed by atoms with Crippen LogP contribution < -0.4 is 10.6 Å². The van der Waals surface area contributed by atoms with Gasteiger partial charge in [-0.15, -0.1) is 11.3 Å². The molecule has 0 aromatic carbocycles. The van der Waals surface area contributed by atoms with E-state index >= 15 is 0 Å². The Balaban J connectivity index is 1.99. The highest BCUT2D eigenvalue weighted by atomic mass is 32.1. The highest BCUT2D eigenvalue weighted by Crippen LogP contribution is 2.21. The predicted octanol–water partition coefficient (Wildman–Crippen LogP) is 3.74. The Kier molecular flexibility index (Phi) is 5.27. The lowest BCUT2D eigenvalue weighted by Gasteiger charge is -2.05. The third-order valence-electron chi connectivity index (χ3n) is 2.92. The molecule has 1 amide bonds. The van der Waals surface area contributed by atoms with Crippen molar-refractivity contribution in [2.75, 3.05) is 17.2 Å². The maximum absolute atomic E-state index is 12.1. The van der Waals surface area contributed by atoms with E-state index in [4.69, 9.17) is 0 Å². The van der Waals surface area contributed by atoms with E-state index in [1.54, 1.807) is 12.3 Å². The third-order valence-corrected chi connectivity index (χ3v) is 3.69. The molecule has 0 saturated carbocycles. The molecule has 0 radical (unpaired) electrons. The van der Waals surface area contributed by atoms with Gasteiger partial charge in [0.15, 0.2) is 5.13 Å². The molecule has 2 heterocycles. The Labute approximate surface area is 128 Å². The van der Waals surface area contributed by atoms with Crippen LogP contribution in [0, 0.1) is 0 Å². The highest BCUT2D eigenvalue weighted by molar-refractivity contribution is 7.14.